The molecular formula is C22H25N5O3S. The number of phenols is 1. The molecule has 2 heterocycles. The number of nitrogen functional groups attached to an aromatic ring is 1. The van der Waals surface area contributed by atoms with Gasteiger partial charge in [-0.05, 0) is 36.6 Å². The van der Waals surface area contributed by atoms with Crippen LogP contribution in [0.1, 0.15) is 24.2 Å². The highest BCUT2D eigenvalue weighted by Gasteiger charge is 2.17. The summed E-state index contributed by atoms with van der Waals surface area (Å²) in [4.78, 5) is 9.33. The van der Waals surface area contributed by atoms with Gasteiger partial charge in [0.2, 0.25) is 10.0 Å². The molecule has 0 spiro atoms. The van der Waals surface area contributed by atoms with Gasteiger partial charge in [-0.15, -0.1) is 0 Å². The molecule has 2 aromatic heterocycles. The number of hydrogen-bond acceptors (Lipinski definition) is 6. The lowest BCUT2D eigenvalue weighted by Crippen LogP contribution is -2.23. The number of hydrogen-bond donors (Lipinski definition) is 3. The van der Waals surface area contributed by atoms with Crippen LogP contribution < -0.4 is 10.5 Å². The number of rotatable bonds is 8. The van der Waals surface area contributed by atoms with Crippen LogP contribution in [-0.2, 0) is 23.0 Å². The van der Waals surface area contributed by atoms with Gasteiger partial charge in [0.1, 0.15) is 17.1 Å². The Labute approximate surface area is 180 Å². The van der Waals surface area contributed by atoms with E-state index in [9.17, 15) is 13.5 Å². The van der Waals surface area contributed by atoms with Crippen molar-refractivity contribution in [2.24, 2.45) is 0 Å². The van der Waals surface area contributed by atoms with Crippen LogP contribution in [0.25, 0.3) is 21.9 Å². The monoisotopic (exact) mass is 439 g/mol. The van der Waals surface area contributed by atoms with Crippen molar-refractivity contribution in [1.29, 1.82) is 0 Å². The van der Waals surface area contributed by atoms with Crippen LogP contribution in [0.3, 0.4) is 0 Å². The van der Waals surface area contributed by atoms with Gasteiger partial charge in [-0.2, -0.15) is 0 Å². The Morgan fingerprint density at radius 3 is 2.55 bits per heavy atom. The number of para-hydroxylation sites is 1. The molecule has 162 valence electrons. The van der Waals surface area contributed by atoms with E-state index in [4.69, 9.17) is 10.7 Å². The summed E-state index contributed by atoms with van der Waals surface area (Å²) in [6.45, 7) is 1.06. The number of unbranched alkanes of at least 4 members (excludes halogenated alkanes) is 1. The fourth-order valence-corrected chi connectivity index (χ4v) is 4.24. The minimum atomic E-state index is -3.19. The van der Waals surface area contributed by atoms with E-state index in [0.717, 1.165) is 40.5 Å². The number of aryl methyl sites for hydroxylation is 1. The van der Waals surface area contributed by atoms with Crippen molar-refractivity contribution < 1.29 is 13.5 Å². The Kier molecular flexibility index (Phi) is 5.79. The SMILES string of the molecule is CS(=O)(=O)NCCCCn1c(Cc2ccc(O)cc2)nc2c(N)nc3ccccc3c21. The molecule has 0 amide bonds. The zero-order valence-electron chi connectivity index (χ0n) is 17.2. The maximum Gasteiger partial charge on any atom is 0.208 e. The van der Waals surface area contributed by atoms with Crippen molar-refractivity contribution in [3.8, 4) is 5.75 Å². The number of aromatic nitrogens is 3. The number of phenolic OH excluding ortho intramolecular Hbond substituents is 1. The summed E-state index contributed by atoms with van der Waals surface area (Å²) >= 11 is 0. The smallest absolute Gasteiger partial charge is 0.208 e. The topological polar surface area (TPSA) is 123 Å². The molecule has 31 heavy (non-hydrogen) atoms. The van der Waals surface area contributed by atoms with E-state index in [2.05, 4.69) is 14.3 Å². The molecule has 0 fully saturated rings. The predicted molar refractivity (Wildman–Crippen MR) is 122 cm³/mol. The lowest BCUT2D eigenvalue weighted by atomic mass is 10.1. The highest BCUT2D eigenvalue weighted by Crippen LogP contribution is 2.30. The number of imidazole rings is 1. The summed E-state index contributed by atoms with van der Waals surface area (Å²) in [7, 11) is -3.19. The average molecular weight is 440 g/mol. The Balaban J connectivity index is 1.72. The fraction of sp³-hybridized carbons (Fsp3) is 0.273. The third-order valence-electron chi connectivity index (χ3n) is 5.16. The lowest BCUT2D eigenvalue weighted by Gasteiger charge is -2.11. The molecule has 2 aromatic carbocycles. The van der Waals surface area contributed by atoms with Crippen molar-refractivity contribution >= 4 is 37.8 Å². The average Bonchev–Trinajstić information content (AvgIpc) is 3.08. The number of nitrogens with zero attached hydrogens (tertiary/aromatic N) is 3. The van der Waals surface area contributed by atoms with Crippen LogP contribution in [0.4, 0.5) is 5.82 Å². The molecular weight excluding hydrogens is 414 g/mol. The van der Waals surface area contributed by atoms with Crippen LogP contribution in [0.15, 0.2) is 48.5 Å². The van der Waals surface area contributed by atoms with E-state index in [1.165, 1.54) is 0 Å². The Morgan fingerprint density at radius 2 is 1.81 bits per heavy atom. The molecule has 0 aliphatic rings. The van der Waals surface area contributed by atoms with E-state index in [1.54, 1.807) is 12.1 Å². The van der Waals surface area contributed by atoms with E-state index >= 15 is 0 Å². The van der Waals surface area contributed by atoms with Crippen LogP contribution in [0.2, 0.25) is 0 Å². The second-order valence-corrected chi connectivity index (χ2v) is 9.44. The van der Waals surface area contributed by atoms with Gasteiger partial charge in [0, 0.05) is 24.9 Å². The van der Waals surface area contributed by atoms with Gasteiger partial charge in [-0.25, -0.2) is 23.1 Å². The first-order valence-corrected chi connectivity index (χ1v) is 12.0. The molecule has 4 N–H and O–H groups in total. The number of sulfonamides is 1. The standard InChI is InChI=1S/C22H25N5O3S/c1-31(29,30)24-12-4-5-13-27-19(14-15-8-10-16(28)11-9-15)26-20-21(27)17-6-2-3-7-18(17)25-22(20)23/h2-3,6-11,24,28H,4-5,12-14H2,1H3,(H2,23,25). The van der Waals surface area contributed by atoms with Crippen molar-refractivity contribution in [3.63, 3.8) is 0 Å². The van der Waals surface area contributed by atoms with Crippen LogP contribution in [-0.4, -0.2) is 40.9 Å². The molecule has 0 unspecified atom stereocenters. The van der Waals surface area contributed by atoms with Crippen LogP contribution in [0.5, 0.6) is 5.75 Å². The number of nitrogens with one attached hydrogen (secondary N) is 1. The Bertz CT molecular complexity index is 1330. The Morgan fingerprint density at radius 1 is 1.06 bits per heavy atom. The molecule has 0 aliphatic heterocycles. The van der Waals surface area contributed by atoms with Gasteiger partial charge in [-0.3, -0.25) is 0 Å². The molecule has 0 saturated carbocycles. The van der Waals surface area contributed by atoms with Crippen molar-refractivity contribution in [1.82, 2.24) is 19.3 Å². The summed E-state index contributed by atoms with van der Waals surface area (Å²) in [6.07, 6.45) is 3.20. The summed E-state index contributed by atoms with van der Waals surface area (Å²) in [5.74, 6) is 1.45. The number of pyridine rings is 1. The Hall–Kier alpha value is -3.17. The lowest BCUT2D eigenvalue weighted by molar-refractivity contribution is 0.475. The van der Waals surface area contributed by atoms with Crippen molar-refractivity contribution in [2.45, 2.75) is 25.8 Å². The number of benzene rings is 2. The highest BCUT2D eigenvalue weighted by atomic mass is 32.2. The number of aromatic hydroxyl groups is 1. The van der Waals surface area contributed by atoms with Gasteiger partial charge in [0.05, 0.1) is 17.3 Å². The summed E-state index contributed by atoms with van der Waals surface area (Å²) in [6, 6.07) is 14.9. The van der Waals surface area contributed by atoms with Gasteiger partial charge < -0.3 is 15.4 Å². The normalized spacial score (nSPS) is 12.0. The molecule has 0 saturated heterocycles. The number of fused-ring (bicyclic) bond motifs is 3. The maximum atomic E-state index is 11.3. The summed E-state index contributed by atoms with van der Waals surface area (Å²) in [5.41, 5.74) is 9.68. The molecule has 0 atom stereocenters. The summed E-state index contributed by atoms with van der Waals surface area (Å²) < 4.78 is 27.3. The molecule has 0 radical (unpaired) electrons. The van der Waals surface area contributed by atoms with Crippen LogP contribution in [0, 0.1) is 0 Å². The first-order valence-electron chi connectivity index (χ1n) is 10.1. The molecule has 4 aromatic rings. The minimum Gasteiger partial charge on any atom is -0.508 e. The maximum absolute atomic E-state index is 11.3. The van der Waals surface area contributed by atoms with Gasteiger partial charge in [0.25, 0.3) is 0 Å². The first kappa shape index (κ1) is 21.1. The van der Waals surface area contributed by atoms with E-state index in [0.29, 0.717) is 37.3 Å². The molecule has 0 bridgehead atoms. The van der Waals surface area contributed by atoms with Crippen molar-refractivity contribution in [3.05, 3.63) is 59.9 Å². The quantitative estimate of drug-likeness (QED) is 0.363. The van der Waals surface area contributed by atoms with E-state index in [1.807, 2.05) is 36.4 Å². The van der Waals surface area contributed by atoms with E-state index < -0.39 is 10.0 Å². The van der Waals surface area contributed by atoms with Crippen molar-refractivity contribution in [2.75, 3.05) is 18.5 Å². The summed E-state index contributed by atoms with van der Waals surface area (Å²) in [5, 5.41) is 10.6. The minimum absolute atomic E-state index is 0.218. The zero-order valence-corrected chi connectivity index (χ0v) is 18.1. The predicted octanol–water partition coefficient (Wildman–Crippen LogP) is 2.79. The molecule has 8 nitrogen and oxygen atoms in total. The van der Waals surface area contributed by atoms with Gasteiger partial charge >= 0.3 is 0 Å². The molecule has 4 rings (SSSR count). The van der Waals surface area contributed by atoms with E-state index in [-0.39, 0.29) is 5.75 Å². The first-order chi connectivity index (χ1) is 14.8. The van der Waals surface area contributed by atoms with Gasteiger partial charge in [0.15, 0.2) is 5.82 Å². The third-order valence-corrected chi connectivity index (χ3v) is 5.89. The van der Waals surface area contributed by atoms with Crippen LogP contribution >= 0.6 is 0 Å². The second-order valence-electron chi connectivity index (χ2n) is 7.61. The third kappa shape index (κ3) is 4.78. The second kappa shape index (κ2) is 8.52. The number of nitrogens with two attached hydrogens (primary N) is 1. The number of anilines is 1. The molecule has 9 heteroatoms. The van der Waals surface area contributed by atoms with Gasteiger partial charge in [-0.1, -0.05) is 30.3 Å². The highest BCUT2D eigenvalue weighted by molar-refractivity contribution is 7.88. The fourth-order valence-electron chi connectivity index (χ4n) is 3.73. The zero-order chi connectivity index (χ0) is 22.0. The largest absolute Gasteiger partial charge is 0.508 e. The molecule has 0 aliphatic carbocycles.